The van der Waals surface area contributed by atoms with Crippen LogP contribution < -0.4 is 15.0 Å². The summed E-state index contributed by atoms with van der Waals surface area (Å²) in [6, 6.07) is 15.8. The molecule has 6 nitrogen and oxygen atoms in total. The molecule has 30 heavy (non-hydrogen) atoms. The van der Waals surface area contributed by atoms with Gasteiger partial charge in [-0.25, -0.2) is 0 Å². The molecule has 1 aliphatic heterocycles. The average molecular weight is 411 g/mol. The van der Waals surface area contributed by atoms with Crippen molar-refractivity contribution in [1.82, 2.24) is 4.90 Å². The van der Waals surface area contributed by atoms with E-state index in [2.05, 4.69) is 12.2 Å². The Kier molecular flexibility index (Phi) is 7.85. The van der Waals surface area contributed by atoms with E-state index in [1.54, 1.807) is 0 Å². The number of aryl methyl sites for hydroxylation is 2. The van der Waals surface area contributed by atoms with E-state index in [9.17, 15) is 9.59 Å². The number of hydrogen-bond acceptors (Lipinski definition) is 3. The van der Waals surface area contributed by atoms with Crippen LogP contribution in [-0.4, -0.2) is 56.0 Å². The van der Waals surface area contributed by atoms with Gasteiger partial charge in [0, 0.05) is 5.69 Å². The lowest BCUT2D eigenvalue weighted by atomic mass is 10.1. The normalized spacial score (nSPS) is 14.4. The average Bonchev–Trinajstić information content (AvgIpc) is 2.74. The maximum atomic E-state index is 12.5. The van der Waals surface area contributed by atoms with Gasteiger partial charge in [0.2, 0.25) is 5.91 Å². The molecule has 0 radical (unpaired) electrons. The second-order valence-electron chi connectivity index (χ2n) is 7.78. The number of carbonyl (C=O) groups is 2. The lowest BCUT2D eigenvalue weighted by Crippen LogP contribution is -3.15. The van der Waals surface area contributed by atoms with E-state index >= 15 is 0 Å². The standard InChI is InChI=1S/C24H31N3O3/c1-3-20-8-4-5-10-22(20)25-23(28)18-26-12-14-27(15-13-26)24(29)11-16-30-21-9-6-7-19(2)17-21/h4-10,17H,3,11-16,18H2,1-2H3,(H,25,28)/p+1. The first kappa shape index (κ1) is 21.8. The summed E-state index contributed by atoms with van der Waals surface area (Å²) >= 11 is 0. The SMILES string of the molecule is CCc1ccccc1NC(=O)C[NH+]1CCN(C(=O)CCOc2cccc(C)c2)CC1. The third kappa shape index (κ3) is 6.32. The molecule has 3 rings (SSSR count). The van der Waals surface area contributed by atoms with Gasteiger partial charge in [-0.3, -0.25) is 9.59 Å². The fraction of sp³-hybridized carbons (Fsp3) is 0.417. The van der Waals surface area contributed by atoms with Crippen LogP contribution in [0.1, 0.15) is 24.5 Å². The molecule has 0 unspecified atom stereocenters. The summed E-state index contributed by atoms with van der Waals surface area (Å²) < 4.78 is 5.69. The Hall–Kier alpha value is -2.86. The fourth-order valence-corrected chi connectivity index (χ4v) is 3.74. The highest BCUT2D eigenvalue weighted by Crippen LogP contribution is 2.15. The summed E-state index contributed by atoms with van der Waals surface area (Å²) in [5.41, 5.74) is 3.18. The largest absolute Gasteiger partial charge is 0.493 e. The molecule has 1 fully saturated rings. The Balaban J connectivity index is 1.37. The Labute approximate surface area is 178 Å². The van der Waals surface area contributed by atoms with Crippen molar-refractivity contribution in [2.24, 2.45) is 0 Å². The van der Waals surface area contributed by atoms with Gasteiger partial charge in [-0.1, -0.05) is 37.3 Å². The number of hydrogen-bond donors (Lipinski definition) is 2. The zero-order valence-electron chi connectivity index (χ0n) is 17.9. The molecule has 2 aromatic rings. The third-order valence-electron chi connectivity index (χ3n) is 5.48. The number of benzene rings is 2. The smallest absolute Gasteiger partial charge is 0.279 e. The second-order valence-corrected chi connectivity index (χ2v) is 7.78. The summed E-state index contributed by atoms with van der Waals surface area (Å²) in [6.45, 7) is 7.84. The van der Waals surface area contributed by atoms with Crippen molar-refractivity contribution in [1.29, 1.82) is 0 Å². The van der Waals surface area contributed by atoms with Crippen molar-refractivity contribution in [3.05, 3.63) is 59.7 Å². The molecule has 1 saturated heterocycles. The highest BCUT2D eigenvalue weighted by atomic mass is 16.5. The number of nitrogens with zero attached hydrogens (tertiary/aromatic N) is 1. The molecule has 6 heteroatoms. The molecule has 2 N–H and O–H groups in total. The van der Waals surface area contributed by atoms with Crippen LogP contribution in [0.2, 0.25) is 0 Å². The topological polar surface area (TPSA) is 63.1 Å². The first-order valence-electron chi connectivity index (χ1n) is 10.7. The number of para-hydroxylation sites is 1. The number of carbonyl (C=O) groups excluding carboxylic acids is 2. The van der Waals surface area contributed by atoms with Gasteiger partial charge in [0.15, 0.2) is 6.54 Å². The lowest BCUT2D eigenvalue weighted by molar-refractivity contribution is -0.895. The number of ether oxygens (including phenoxy) is 1. The van der Waals surface area contributed by atoms with E-state index in [-0.39, 0.29) is 11.8 Å². The van der Waals surface area contributed by atoms with Crippen molar-refractivity contribution >= 4 is 17.5 Å². The lowest BCUT2D eigenvalue weighted by Gasteiger charge is -2.32. The van der Waals surface area contributed by atoms with E-state index in [4.69, 9.17) is 4.74 Å². The fourth-order valence-electron chi connectivity index (χ4n) is 3.74. The molecule has 0 saturated carbocycles. The summed E-state index contributed by atoms with van der Waals surface area (Å²) in [5, 5.41) is 3.03. The Morgan fingerprint density at radius 1 is 1.10 bits per heavy atom. The zero-order chi connectivity index (χ0) is 21.3. The van der Waals surface area contributed by atoms with E-state index < -0.39 is 0 Å². The van der Waals surface area contributed by atoms with Gasteiger partial charge in [-0.15, -0.1) is 0 Å². The Morgan fingerprint density at radius 3 is 2.60 bits per heavy atom. The summed E-state index contributed by atoms with van der Waals surface area (Å²) in [7, 11) is 0. The predicted octanol–water partition coefficient (Wildman–Crippen LogP) is 1.69. The van der Waals surface area contributed by atoms with Crippen molar-refractivity contribution in [3.8, 4) is 5.75 Å². The van der Waals surface area contributed by atoms with Gasteiger partial charge in [0.25, 0.3) is 5.91 Å². The van der Waals surface area contributed by atoms with Crippen LogP contribution in [0.4, 0.5) is 5.69 Å². The number of nitrogens with one attached hydrogen (secondary N) is 2. The van der Waals surface area contributed by atoms with E-state index in [0.29, 0.717) is 32.7 Å². The van der Waals surface area contributed by atoms with Gasteiger partial charge in [-0.2, -0.15) is 0 Å². The highest BCUT2D eigenvalue weighted by Gasteiger charge is 2.25. The Morgan fingerprint density at radius 2 is 1.87 bits per heavy atom. The monoisotopic (exact) mass is 410 g/mol. The first-order valence-corrected chi connectivity index (χ1v) is 10.7. The molecular formula is C24H32N3O3+. The van der Waals surface area contributed by atoms with Gasteiger partial charge in [-0.05, 0) is 42.7 Å². The molecule has 0 aliphatic carbocycles. The predicted molar refractivity (Wildman–Crippen MR) is 118 cm³/mol. The van der Waals surface area contributed by atoms with Crippen LogP contribution in [0.25, 0.3) is 0 Å². The summed E-state index contributed by atoms with van der Waals surface area (Å²) in [5.74, 6) is 0.938. The first-order chi connectivity index (χ1) is 14.5. The number of amides is 2. The molecule has 0 atom stereocenters. The second kappa shape index (κ2) is 10.8. The van der Waals surface area contributed by atoms with E-state index in [1.165, 1.54) is 4.90 Å². The Bertz CT molecular complexity index is 860. The van der Waals surface area contributed by atoms with Crippen LogP contribution in [0, 0.1) is 6.92 Å². The highest BCUT2D eigenvalue weighted by molar-refractivity contribution is 5.92. The maximum absolute atomic E-state index is 12.5. The van der Waals surface area contributed by atoms with Gasteiger partial charge in [0.1, 0.15) is 5.75 Å². The number of piperazine rings is 1. The minimum Gasteiger partial charge on any atom is -0.493 e. The van der Waals surface area contributed by atoms with Crippen LogP contribution in [0.3, 0.4) is 0 Å². The molecule has 0 spiro atoms. The number of rotatable bonds is 8. The minimum absolute atomic E-state index is 0.0252. The molecule has 160 valence electrons. The number of quaternary nitrogens is 1. The molecular weight excluding hydrogens is 378 g/mol. The van der Waals surface area contributed by atoms with Crippen molar-refractivity contribution in [3.63, 3.8) is 0 Å². The van der Waals surface area contributed by atoms with Crippen LogP contribution in [-0.2, 0) is 16.0 Å². The van der Waals surface area contributed by atoms with Crippen molar-refractivity contribution < 1.29 is 19.2 Å². The molecule has 2 aromatic carbocycles. The van der Waals surface area contributed by atoms with Crippen molar-refractivity contribution in [2.45, 2.75) is 26.7 Å². The van der Waals surface area contributed by atoms with E-state index in [0.717, 1.165) is 42.1 Å². The van der Waals surface area contributed by atoms with Gasteiger partial charge in [0.05, 0.1) is 39.2 Å². The molecule has 0 aromatic heterocycles. The molecule has 0 bridgehead atoms. The molecule has 2 amide bonds. The van der Waals surface area contributed by atoms with Crippen LogP contribution in [0.15, 0.2) is 48.5 Å². The van der Waals surface area contributed by atoms with Crippen molar-refractivity contribution in [2.75, 3.05) is 44.6 Å². The molecule has 1 heterocycles. The number of anilines is 1. The van der Waals surface area contributed by atoms with Crippen LogP contribution in [0.5, 0.6) is 5.75 Å². The molecule has 1 aliphatic rings. The quantitative estimate of drug-likeness (QED) is 0.696. The zero-order valence-corrected chi connectivity index (χ0v) is 17.9. The summed E-state index contributed by atoms with van der Waals surface area (Å²) in [6.07, 6.45) is 1.26. The van der Waals surface area contributed by atoms with Gasteiger partial charge < -0.3 is 19.9 Å². The minimum atomic E-state index is 0.0252. The third-order valence-corrected chi connectivity index (χ3v) is 5.48. The van der Waals surface area contributed by atoms with E-state index in [1.807, 2.05) is 60.4 Å². The summed E-state index contributed by atoms with van der Waals surface area (Å²) in [4.78, 5) is 28.0. The van der Waals surface area contributed by atoms with Crippen LogP contribution >= 0.6 is 0 Å². The maximum Gasteiger partial charge on any atom is 0.279 e. The van der Waals surface area contributed by atoms with Gasteiger partial charge >= 0.3 is 0 Å².